The van der Waals surface area contributed by atoms with E-state index in [4.69, 9.17) is 0 Å². The molecule has 45 heavy (non-hydrogen) atoms. The molecule has 8 rings (SSSR count). The second-order valence-electron chi connectivity index (χ2n) is 13.8. The molecule has 0 amide bonds. The van der Waals surface area contributed by atoms with Crippen molar-refractivity contribution in [2.75, 3.05) is 26.2 Å². The molecule has 0 bridgehead atoms. The number of likely N-dealkylation sites (tertiary alicyclic amines) is 2. The molecule has 2 aromatic carbocycles. The monoisotopic (exact) mass is 660 g/mol. The number of allylic oxidation sites excluding steroid dienone is 2. The zero-order valence-corrected chi connectivity index (χ0v) is 27.2. The SMILES string of the molecule is C=Cc1ccc2c(c1)C(N1CCC3(CC1)CC3)=C(C#N)C(=O)C2.N#CC1=C(N2CCC3(CC2)CC3)c2cc(Br)ccc2CC1=O. The Bertz CT molecular complexity index is 1760. The van der Waals surface area contributed by atoms with Crippen LogP contribution in [0.25, 0.3) is 17.5 Å². The van der Waals surface area contributed by atoms with Crippen LogP contribution in [0.5, 0.6) is 0 Å². The molecule has 2 saturated heterocycles. The van der Waals surface area contributed by atoms with Gasteiger partial charge in [-0.2, -0.15) is 10.5 Å². The number of ketones is 2. The number of Topliss-reactive ketones (excluding diaryl/α,β-unsaturated/α-hetero) is 2. The lowest BCUT2D eigenvalue weighted by molar-refractivity contribution is -0.115. The Kier molecular flexibility index (Phi) is 7.57. The van der Waals surface area contributed by atoms with Gasteiger partial charge >= 0.3 is 0 Å². The molecule has 2 spiro atoms. The van der Waals surface area contributed by atoms with Crippen LogP contribution in [-0.4, -0.2) is 47.5 Å². The van der Waals surface area contributed by atoms with Gasteiger partial charge in [-0.25, -0.2) is 0 Å². The molecular weight excluding hydrogens is 624 g/mol. The summed E-state index contributed by atoms with van der Waals surface area (Å²) < 4.78 is 0.992. The Morgan fingerprint density at radius 2 is 1.13 bits per heavy atom. The lowest BCUT2D eigenvalue weighted by Crippen LogP contribution is -2.36. The van der Waals surface area contributed by atoms with Crippen LogP contribution in [0, 0.1) is 33.5 Å². The Hall–Kier alpha value is -3.94. The van der Waals surface area contributed by atoms with Gasteiger partial charge in [-0.15, -0.1) is 0 Å². The maximum absolute atomic E-state index is 12.4. The number of nitriles is 2. The third-order valence-electron chi connectivity index (χ3n) is 11.1. The van der Waals surface area contributed by atoms with E-state index in [2.05, 4.69) is 56.6 Å². The topological polar surface area (TPSA) is 88.2 Å². The van der Waals surface area contributed by atoms with E-state index < -0.39 is 0 Å². The maximum atomic E-state index is 12.4. The van der Waals surface area contributed by atoms with Crippen molar-refractivity contribution >= 4 is 45.0 Å². The van der Waals surface area contributed by atoms with E-state index in [9.17, 15) is 20.1 Å². The first kappa shape index (κ1) is 29.8. The van der Waals surface area contributed by atoms with Gasteiger partial charge in [-0.05, 0) is 97.1 Å². The summed E-state index contributed by atoms with van der Waals surface area (Å²) in [6.45, 7) is 7.65. The van der Waals surface area contributed by atoms with Crippen LogP contribution >= 0.6 is 15.9 Å². The summed E-state index contributed by atoms with van der Waals surface area (Å²) in [6, 6.07) is 16.4. The largest absolute Gasteiger partial charge is 0.370 e. The molecule has 0 atom stereocenters. The normalized spacial score (nSPS) is 22.2. The van der Waals surface area contributed by atoms with Crippen molar-refractivity contribution in [3.05, 3.63) is 86.4 Å². The third kappa shape index (κ3) is 5.57. The van der Waals surface area contributed by atoms with Gasteiger partial charge in [-0.3, -0.25) is 9.59 Å². The van der Waals surface area contributed by atoms with E-state index in [-0.39, 0.29) is 11.6 Å². The van der Waals surface area contributed by atoms with Gasteiger partial charge in [0.15, 0.2) is 11.6 Å². The fourth-order valence-electron chi connectivity index (χ4n) is 7.73. The molecule has 2 saturated carbocycles. The quantitative estimate of drug-likeness (QED) is 0.345. The lowest BCUT2D eigenvalue weighted by atomic mass is 9.85. The summed E-state index contributed by atoms with van der Waals surface area (Å²) >= 11 is 3.52. The number of rotatable bonds is 3. The molecule has 0 radical (unpaired) electrons. The van der Waals surface area contributed by atoms with Crippen molar-refractivity contribution in [3.8, 4) is 12.1 Å². The molecule has 2 aromatic rings. The Morgan fingerprint density at radius 1 is 0.689 bits per heavy atom. The number of carbonyl (C=O) groups excluding carboxylic acids is 2. The number of fused-ring (bicyclic) bond motifs is 2. The third-order valence-corrected chi connectivity index (χ3v) is 11.6. The summed E-state index contributed by atoms with van der Waals surface area (Å²) in [7, 11) is 0. The van der Waals surface area contributed by atoms with Crippen LogP contribution in [0.15, 0.2) is 58.6 Å². The molecule has 7 heteroatoms. The molecule has 0 aromatic heterocycles. The highest BCUT2D eigenvalue weighted by molar-refractivity contribution is 9.10. The molecule has 6 aliphatic rings. The second kappa shape index (κ2) is 11.5. The number of carbonyl (C=O) groups is 2. The van der Waals surface area contributed by atoms with Crippen LogP contribution < -0.4 is 0 Å². The van der Waals surface area contributed by atoms with Crippen molar-refractivity contribution in [2.24, 2.45) is 10.8 Å². The van der Waals surface area contributed by atoms with Gasteiger partial charge in [0.25, 0.3) is 0 Å². The number of hydrogen-bond acceptors (Lipinski definition) is 6. The highest BCUT2D eigenvalue weighted by Crippen LogP contribution is 2.55. The molecule has 2 aliphatic heterocycles. The van der Waals surface area contributed by atoms with Gasteiger partial charge in [0, 0.05) is 54.6 Å². The van der Waals surface area contributed by atoms with Gasteiger partial charge in [-0.1, -0.05) is 46.8 Å². The minimum absolute atomic E-state index is 0.0426. The summed E-state index contributed by atoms with van der Waals surface area (Å²) in [5.41, 5.74) is 8.77. The van der Waals surface area contributed by atoms with E-state index in [1.54, 1.807) is 0 Å². The van der Waals surface area contributed by atoms with E-state index in [0.717, 1.165) is 69.9 Å². The molecular formula is C38H37BrN4O2. The molecule has 4 aliphatic carbocycles. The smallest absolute Gasteiger partial charge is 0.179 e. The zero-order valence-electron chi connectivity index (χ0n) is 25.6. The molecule has 0 unspecified atom stereocenters. The predicted octanol–water partition coefficient (Wildman–Crippen LogP) is 7.25. The number of hydrogen-bond donors (Lipinski definition) is 0. The van der Waals surface area contributed by atoms with Crippen LogP contribution in [0.3, 0.4) is 0 Å². The molecule has 6 nitrogen and oxygen atoms in total. The molecule has 0 N–H and O–H groups in total. The molecule has 2 heterocycles. The summed E-state index contributed by atoms with van der Waals surface area (Å²) in [5, 5.41) is 19.1. The fourth-order valence-corrected chi connectivity index (χ4v) is 8.09. The van der Waals surface area contributed by atoms with E-state index in [0.29, 0.717) is 34.8 Å². The predicted molar refractivity (Wildman–Crippen MR) is 178 cm³/mol. The summed E-state index contributed by atoms with van der Waals surface area (Å²) in [5.74, 6) is -0.0907. The minimum atomic E-state index is -0.0481. The number of nitrogens with zero attached hydrogens (tertiary/aromatic N) is 4. The number of benzene rings is 2. The minimum Gasteiger partial charge on any atom is -0.370 e. The fraction of sp³-hybridized carbons (Fsp3) is 0.421. The van der Waals surface area contributed by atoms with Crippen LogP contribution in [0.2, 0.25) is 0 Å². The van der Waals surface area contributed by atoms with Crippen LogP contribution in [0.4, 0.5) is 0 Å². The summed E-state index contributed by atoms with van der Waals surface area (Å²) in [6.07, 6.45) is 12.6. The second-order valence-corrected chi connectivity index (χ2v) is 14.7. The van der Waals surface area contributed by atoms with E-state index >= 15 is 0 Å². The van der Waals surface area contributed by atoms with E-state index in [1.165, 1.54) is 51.4 Å². The van der Waals surface area contributed by atoms with Crippen molar-refractivity contribution in [1.82, 2.24) is 9.80 Å². The number of halogens is 1. The lowest BCUT2D eigenvalue weighted by Gasteiger charge is -2.37. The highest BCUT2D eigenvalue weighted by Gasteiger charge is 2.46. The molecule has 4 fully saturated rings. The average Bonchev–Trinajstić information content (AvgIpc) is 3.99. The molecule has 228 valence electrons. The summed E-state index contributed by atoms with van der Waals surface area (Å²) in [4.78, 5) is 29.3. The standard InChI is InChI=1S/C20H20N2O.C18H17BrN2O/c1-2-14-3-4-15-12-18(23)17(13-21)19(16(15)11-14)22-9-7-20(5-6-20)8-10-22;19-13-2-1-12-9-16(22)15(11-20)17(14(12)10-13)21-7-5-18(3-4-18)6-8-21/h2-4,11H,1,5-10,12H2;1-2,10H,3-9H2. The van der Waals surface area contributed by atoms with Gasteiger partial charge in [0.05, 0.1) is 11.4 Å². The Balaban J connectivity index is 0.000000145. The highest BCUT2D eigenvalue weighted by atomic mass is 79.9. The van der Waals surface area contributed by atoms with Crippen molar-refractivity contribution in [2.45, 2.75) is 64.2 Å². The van der Waals surface area contributed by atoms with Crippen LogP contribution in [-0.2, 0) is 22.4 Å². The first-order valence-corrected chi connectivity index (χ1v) is 17.0. The van der Waals surface area contributed by atoms with Crippen LogP contribution in [0.1, 0.15) is 79.2 Å². The maximum Gasteiger partial charge on any atom is 0.179 e. The average molecular weight is 662 g/mol. The zero-order chi connectivity index (χ0) is 31.3. The van der Waals surface area contributed by atoms with Gasteiger partial charge < -0.3 is 9.80 Å². The Labute approximate surface area is 273 Å². The van der Waals surface area contributed by atoms with E-state index in [1.807, 2.05) is 30.3 Å². The first-order valence-electron chi connectivity index (χ1n) is 16.2. The Morgan fingerprint density at radius 3 is 1.56 bits per heavy atom. The van der Waals surface area contributed by atoms with Crippen molar-refractivity contribution in [1.29, 1.82) is 10.5 Å². The van der Waals surface area contributed by atoms with Crippen molar-refractivity contribution in [3.63, 3.8) is 0 Å². The first-order chi connectivity index (χ1) is 21.8. The van der Waals surface area contributed by atoms with Gasteiger partial charge in [0.2, 0.25) is 0 Å². The number of piperidine rings is 2. The van der Waals surface area contributed by atoms with Crippen molar-refractivity contribution < 1.29 is 9.59 Å². The van der Waals surface area contributed by atoms with Gasteiger partial charge in [0.1, 0.15) is 23.3 Å².